The van der Waals surface area contributed by atoms with E-state index in [-0.39, 0.29) is 5.82 Å². The van der Waals surface area contributed by atoms with Gasteiger partial charge in [-0.1, -0.05) is 21.1 Å². The second kappa shape index (κ2) is 5.27. The molecule has 0 N–H and O–H groups in total. The molecule has 0 aliphatic rings. The Morgan fingerprint density at radius 1 is 1.47 bits per heavy atom. The van der Waals surface area contributed by atoms with E-state index in [1.807, 2.05) is 0 Å². The highest BCUT2D eigenvalue weighted by molar-refractivity contribution is 9.08. The van der Waals surface area contributed by atoms with E-state index in [0.717, 1.165) is 11.3 Å². The lowest BCUT2D eigenvalue weighted by Crippen LogP contribution is -1.98. The minimum absolute atomic E-state index is 0.272. The van der Waals surface area contributed by atoms with Crippen molar-refractivity contribution in [2.75, 3.05) is 0 Å². The summed E-state index contributed by atoms with van der Waals surface area (Å²) in [5, 5.41) is 8.25. The fourth-order valence-electron chi connectivity index (χ4n) is 1.41. The maximum atomic E-state index is 13.0. The first-order valence-corrected chi connectivity index (χ1v) is 6.13. The number of halogens is 2. The van der Waals surface area contributed by atoms with Gasteiger partial charge in [-0.15, -0.1) is 5.10 Å². The molecule has 2 rings (SSSR count). The Hall–Kier alpha value is -1.43. The molecule has 0 saturated heterocycles. The number of nitrogens with zero attached hydrogens (tertiary/aromatic N) is 3. The van der Waals surface area contributed by atoms with Gasteiger partial charge in [0.25, 0.3) is 0 Å². The number of aromatic nitrogens is 3. The van der Waals surface area contributed by atoms with E-state index in [0.29, 0.717) is 17.7 Å². The molecule has 1 aromatic carbocycles. The molecule has 17 heavy (non-hydrogen) atoms. The van der Waals surface area contributed by atoms with E-state index in [9.17, 15) is 4.39 Å². The molecule has 4 nitrogen and oxygen atoms in total. The molecule has 1 heterocycles. The van der Waals surface area contributed by atoms with Crippen LogP contribution in [0.25, 0.3) is 0 Å². The number of aryl methyl sites for hydroxylation is 1. The molecule has 0 aliphatic carbocycles. The van der Waals surface area contributed by atoms with Gasteiger partial charge >= 0.3 is 0 Å². The summed E-state index contributed by atoms with van der Waals surface area (Å²) in [6.45, 7) is 0.319. The molecule has 0 fully saturated rings. The van der Waals surface area contributed by atoms with Crippen molar-refractivity contribution in [2.24, 2.45) is 7.05 Å². The maximum Gasteiger partial charge on any atom is 0.134 e. The second-order valence-electron chi connectivity index (χ2n) is 3.56. The van der Waals surface area contributed by atoms with E-state index in [1.54, 1.807) is 24.0 Å². The minimum atomic E-state index is -0.272. The number of hydrogen-bond donors (Lipinski definition) is 0. The van der Waals surface area contributed by atoms with Crippen LogP contribution in [0.2, 0.25) is 0 Å². The number of benzene rings is 1. The summed E-state index contributed by atoms with van der Waals surface area (Å²) in [7, 11) is 1.79. The average Bonchev–Trinajstić information content (AvgIpc) is 2.73. The van der Waals surface area contributed by atoms with Crippen LogP contribution in [0.4, 0.5) is 4.39 Å². The van der Waals surface area contributed by atoms with Crippen LogP contribution in [0.3, 0.4) is 0 Å². The van der Waals surface area contributed by atoms with Gasteiger partial charge in [-0.3, -0.25) is 4.68 Å². The molecule has 90 valence electrons. The van der Waals surface area contributed by atoms with Crippen molar-refractivity contribution in [1.29, 1.82) is 0 Å². The smallest absolute Gasteiger partial charge is 0.134 e. The maximum absolute atomic E-state index is 13.0. The molecule has 0 saturated carbocycles. The van der Waals surface area contributed by atoms with Gasteiger partial charge in [0, 0.05) is 17.9 Å². The Balaban J connectivity index is 2.08. The van der Waals surface area contributed by atoms with Crippen molar-refractivity contribution in [1.82, 2.24) is 15.0 Å². The second-order valence-corrected chi connectivity index (χ2v) is 4.12. The van der Waals surface area contributed by atoms with Crippen molar-refractivity contribution in [3.63, 3.8) is 0 Å². The van der Waals surface area contributed by atoms with Crippen LogP contribution >= 0.6 is 15.9 Å². The lowest BCUT2D eigenvalue weighted by molar-refractivity contribution is 0.298. The first kappa shape index (κ1) is 12.0. The summed E-state index contributed by atoms with van der Waals surface area (Å²) in [6.07, 6.45) is 1.78. The number of ether oxygens (including phenoxy) is 1. The van der Waals surface area contributed by atoms with Crippen LogP contribution in [-0.4, -0.2) is 15.0 Å². The van der Waals surface area contributed by atoms with Crippen LogP contribution in [0, 0.1) is 5.82 Å². The largest absolute Gasteiger partial charge is 0.487 e. The molecular weight excluding hydrogens is 289 g/mol. The van der Waals surface area contributed by atoms with Crippen molar-refractivity contribution < 1.29 is 9.13 Å². The standard InChI is InChI=1S/C11H11BrFN3O/c1-16-6-10(14-15-16)7-17-11-3-2-9(13)4-8(11)5-12/h2-4,6H,5,7H2,1H3. The molecular formula is C11H11BrFN3O. The SMILES string of the molecule is Cn1cc(COc2ccc(F)cc2CBr)nn1. The van der Waals surface area contributed by atoms with E-state index in [4.69, 9.17) is 4.74 Å². The Bertz CT molecular complexity index is 515. The van der Waals surface area contributed by atoms with Crippen LogP contribution in [0.1, 0.15) is 11.3 Å². The molecule has 0 unspecified atom stereocenters. The van der Waals surface area contributed by atoms with E-state index >= 15 is 0 Å². The molecule has 0 bridgehead atoms. The lowest BCUT2D eigenvalue weighted by Gasteiger charge is -2.08. The third-order valence-corrected chi connectivity index (χ3v) is 2.80. The van der Waals surface area contributed by atoms with Crippen molar-refractivity contribution >= 4 is 15.9 Å². The lowest BCUT2D eigenvalue weighted by atomic mass is 10.2. The average molecular weight is 300 g/mol. The van der Waals surface area contributed by atoms with E-state index in [2.05, 4.69) is 26.2 Å². The molecule has 0 spiro atoms. The Labute approximate surface area is 107 Å². The molecule has 0 atom stereocenters. The summed E-state index contributed by atoms with van der Waals surface area (Å²) in [5.74, 6) is 0.375. The predicted octanol–water partition coefficient (Wildman–Crippen LogP) is 2.43. The zero-order valence-corrected chi connectivity index (χ0v) is 10.8. The number of alkyl halides is 1. The minimum Gasteiger partial charge on any atom is -0.487 e. The Morgan fingerprint density at radius 2 is 2.29 bits per heavy atom. The van der Waals surface area contributed by atoms with Crippen LogP contribution < -0.4 is 4.74 Å². The first-order valence-electron chi connectivity index (χ1n) is 5.01. The molecule has 2 aromatic rings. The molecule has 0 amide bonds. The summed E-state index contributed by atoms with van der Waals surface area (Å²) in [5.41, 5.74) is 1.51. The van der Waals surface area contributed by atoms with E-state index < -0.39 is 0 Å². The number of rotatable bonds is 4. The topological polar surface area (TPSA) is 39.9 Å². The van der Waals surface area contributed by atoms with Gasteiger partial charge in [-0.2, -0.15) is 0 Å². The summed E-state index contributed by atoms with van der Waals surface area (Å²) >= 11 is 3.29. The highest BCUT2D eigenvalue weighted by Gasteiger charge is 2.06. The first-order chi connectivity index (χ1) is 8.19. The predicted molar refractivity (Wildman–Crippen MR) is 64.4 cm³/mol. The van der Waals surface area contributed by atoms with Gasteiger partial charge in [0.05, 0.1) is 6.20 Å². The molecule has 6 heteroatoms. The molecule has 1 aromatic heterocycles. The number of hydrogen-bond acceptors (Lipinski definition) is 3. The quantitative estimate of drug-likeness (QED) is 0.814. The summed E-state index contributed by atoms with van der Waals surface area (Å²) in [6, 6.07) is 4.43. The van der Waals surface area contributed by atoms with Crippen molar-refractivity contribution in [3.8, 4) is 5.75 Å². The fourth-order valence-corrected chi connectivity index (χ4v) is 1.84. The van der Waals surface area contributed by atoms with Crippen LogP contribution in [0.5, 0.6) is 5.75 Å². The zero-order valence-electron chi connectivity index (χ0n) is 9.23. The third-order valence-electron chi connectivity index (χ3n) is 2.19. The monoisotopic (exact) mass is 299 g/mol. The fraction of sp³-hybridized carbons (Fsp3) is 0.273. The zero-order chi connectivity index (χ0) is 12.3. The normalized spacial score (nSPS) is 10.5. The van der Waals surface area contributed by atoms with Gasteiger partial charge in [0.2, 0.25) is 0 Å². The molecule has 0 aliphatic heterocycles. The Morgan fingerprint density at radius 3 is 2.94 bits per heavy atom. The van der Waals surface area contributed by atoms with Crippen molar-refractivity contribution in [2.45, 2.75) is 11.9 Å². The summed E-state index contributed by atoms with van der Waals surface area (Å²) in [4.78, 5) is 0. The van der Waals surface area contributed by atoms with Gasteiger partial charge < -0.3 is 4.74 Å². The van der Waals surface area contributed by atoms with Crippen molar-refractivity contribution in [3.05, 3.63) is 41.5 Å². The Kier molecular flexibility index (Phi) is 3.73. The van der Waals surface area contributed by atoms with Gasteiger partial charge in [-0.25, -0.2) is 4.39 Å². The van der Waals surface area contributed by atoms with Gasteiger partial charge in [0.1, 0.15) is 23.9 Å². The highest BCUT2D eigenvalue weighted by Crippen LogP contribution is 2.22. The summed E-state index contributed by atoms with van der Waals surface area (Å²) < 4.78 is 20.2. The van der Waals surface area contributed by atoms with Crippen LogP contribution in [0.15, 0.2) is 24.4 Å². The van der Waals surface area contributed by atoms with E-state index in [1.165, 1.54) is 12.1 Å². The van der Waals surface area contributed by atoms with Gasteiger partial charge in [-0.05, 0) is 18.2 Å². The van der Waals surface area contributed by atoms with Crippen LogP contribution in [-0.2, 0) is 19.0 Å². The highest BCUT2D eigenvalue weighted by atomic mass is 79.9. The van der Waals surface area contributed by atoms with Gasteiger partial charge in [0.15, 0.2) is 0 Å². The molecule has 0 radical (unpaired) electrons. The third kappa shape index (κ3) is 3.03.